The first-order valence-corrected chi connectivity index (χ1v) is 11.9. The Kier molecular flexibility index (Phi) is 6.38. The van der Waals surface area contributed by atoms with E-state index in [1.54, 1.807) is 28.8 Å². The molecule has 0 saturated carbocycles. The molecule has 0 N–H and O–H groups in total. The molecule has 0 bridgehead atoms. The standard InChI is InChI=1S/C25H30FN7O2/c1-17(34)33-8-7-20-21(16-33)28-24(19-13-27-30(2)14-19)25(29-20)32-11-9-31(10-12-32)15-18-5-4-6-22(35-3)23(18)26/h4-6,13-14H,7-12,15-16H2,1-3H3. The number of hydrogen-bond acceptors (Lipinski definition) is 7. The molecule has 0 spiro atoms. The molecule has 9 nitrogen and oxygen atoms in total. The number of aromatic nitrogens is 4. The average Bonchev–Trinajstić information content (AvgIpc) is 3.30. The van der Waals surface area contributed by atoms with Crippen molar-refractivity contribution in [1.82, 2.24) is 29.5 Å². The smallest absolute Gasteiger partial charge is 0.219 e. The van der Waals surface area contributed by atoms with Crippen molar-refractivity contribution < 1.29 is 13.9 Å². The summed E-state index contributed by atoms with van der Waals surface area (Å²) in [5.74, 6) is 0.875. The molecular formula is C25H30FN7O2. The molecule has 1 fully saturated rings. The number of aryl methyl sites for hydroxylation is 1. The number of benzene rings is 1. The van der Waals surface area contributed by atoms with Crippen molar-refractivity contribution in [2.45, 2.75) is 26.4 Å². The van der Waals surface area contributed by atoms with Crippen molar-refractivity contribution in [2.24, 2.45) is 7.05 Å². The monoisotopic (exact) mass is 479 g/mol. The molecule has 3 aromatic rings. The summed E-state index contributed by atoms with van der Waals surface area (Å²) >= 11 is 0. The number of carbonyl (C=O) groups excluding carboxylic acids is 1. The van der Waals surface area contributed by atoms with E-state index in [4.69, 9.17) is 14.7 Å². The van der Waals surface area contributed by atoms with E-state index in [2.05, 4.69) is 14.9 Å². The van der Waals surface area contributed by atoms with Crippen molar-refractivity contribution in [3.63, 3.8) is 0 Å². The molecule has 2 aliphatic heterocycles. The maximum atomic E-state index is 14.6. The Morgan fingerprint density at radius 2 is 1.91 bits per heavy atom. The van der Waals surface area contributed by atoms with Crippen molar-refractivity contribution in [3.05, 3.63) is 53.4 Å². The van der Waals surface area contributed by atoms with Gasteiger partial charge < -0.3 is 14.5 Å². The maximum absolute atomic E-state index is 14.6. The number of ether oxygens (including phenoxy) is 1. The van der Waals surface area contributed by atoms with Gasteiger partial charge in [-0.05, 0) is 6.07 Å². The summed E-state index contributed by atoms with van der Waals surface area (Å²) in [6, 6.07) is 5.27. The lowest BCUT2D eigenvalue weighted by molar-refractivity contribution is -0.129. The van der Waals surface area contributed by atoms with Crippen LogP contribution in [-0.2, 0) is 31.4 Å². The summed E-state index contributed by atoms with van der Waals surface area (Å²) in [5.41, 5.74) is 4.12. The van der Waals surface area contributed by atoms with Gasteiger partial charge in [-0.1, -0.05) is 12.1 Å². The van der Waals surface area contributed by atoms with Crippen molar-refractivity contribution in [3.8, 4) is 17.0 Å². The van der Waals surface area contributed by atoms with E-state index in [9.17, 15) is 9.18 Å². The fourth-order valence-electron chi connectivity index (χ4n) is 4.74. The van der Waals surface area contributed by atoms with Crippen molar-refractivity contribution >= 4 is 11.7 Å². The van der Waals surface area contributed by atoms with Crippen LogP contribution in [0.25, 0.3) is 11.3 Å². The zero-order chi connectivity index (χ0) is 24.5. The van der Waals surface area contributed by atoms with Crippen molar-refractivity contribution in [2.75, 3.05) is 44.7 Å². The molecule has 2 aromatic heterocycles. The zero-order valence-electron chi connectivity index (χ0n) is 20.4. The molecule has 35 heavy (non-hydrogen) atoms. The molecular weight excluding hydrogens is 449 g/mol. The highest BCUT2D eigenvalue weighted by atomic mass is 19.1. The first-order chi connectivity index (χ1) is 16.9. The maximum Gasteiger partial charge on any atom is 0.219 e. The Morgan fingerprint density at radius 1 is 1.11 bits per heavy atom. The second-order valence-corrected chi connectivity index (χ2v) is 9.08. The number of methoxy groups -OCH3 is 1. The van der Waals surface area contributed by atoms with E-state index in [0.717, 1.165) is 54.6 Å². The lowest BCUT2D eigenvalue weighted by Gasteiger charge is -2.37. The van der Waals surface area contributed by atoms with Crippen LogP contribution in [0.2, 0.25) is 0 Å². The molecule has 1 amide bonds. The quantitative estimate of drug-likeness (QED) is 0.555. The molecule has 0 atom stereocenters. The van der Waals surface area contributed by atoms with Crippen molar-refractivity contribution in [1.29, 1.82) is 0 Å². The van der Waals surface area contributed by atoms with Crippen LogP contribution in [0.5, 0.6) is 5.75 Å². The molecule has 4 heterocycles. The minimum absolute atomic E-state index is 0.0491. The first kappa shape index (κ1) is 23.2. The summed E-state index contributed by atoms with van der Waals surface area (Å²) in [6.07, 6.45) is 4.43. The molecule has 1 saturated heterocycles. The summed E-state index contributed by atoms with van der Waals surface area (Å²) in [6.45, 7) is 6.32. The summed E-state index contributed by atoms with van der Waals surface area (Å²) < 4.78 is 21.5. The van der Waals surface area contributed by atoms with Crippen LogP contribution in [0, 0.1) is 5.82 Å². The SMILES string of the molecule is COc1cccc(CN2CCN(c3nc4c(nc3-c3cnn(C)c3)CN(C(C)=O)CC4)CC2)c1F. The lowest BCUT2D eigenvalue weighted by Crippen LogP contribution is -2.47. The highest BCUT2D eigenvalue weighted by molar-refractivity contribution is 5.74. The first-order valence-electron chi connectivity index (χ1n) is 11.9. The summed E-state index contributed by atoms with van der Waals surface area (Å²) in [5, 5.41) is 4.33. The van der Waals surface area contributed by atoms with Crippen LogP contribution in [0.4, 0.5) is 10.2 Å². The Morgan fingerprint density at radius 3 is 2.60 bits per heavy atom. The van der Waals surface area contributed by atoms with Crippen LogP contribution >= 0.6 is 0 Å². The largest absolute Gasteiger partial charge is 0.494 e. The van der Waals surface area contributed by atoms with E-state index in [1.807, 2.05) is 25.4 Å². The van der Waals surface area contributed by atoms with Gasteiger partial charge in [-0.3, -0.25) is 14.4 Å². The topological polar surface area (TPSA) is 79.6 Å². The van der Waals surface area contributed by atoms with Gasteiger partial charge in [0.15, 0.2) is 17.4 Å². The Balaban J connectivity index is 1.38. The number of anilines is 1. The summed E-state index contributed by atoms with van der Waals surface area (Å²) in [4.78, 5) is 28.3. The van der Waals surface area contributed by atoms with Gasteiger partial charge in [-0.15, -0.1) is 0 Å². The number of fused-ring (bicyclic) bond motifs is 1. The molecule has 0 unspecified atom stereocenters. The number of hydrogen-bond donors (Lipinski definition) is 0. The van der Waals surface area contributed by atoms with Crippen LogP contribution in [-0.4, -0.2) is 75.3 Å². The van der Waals surface area contributed by atoms with Gasteiger partial charge in [0.05, 0.1) is 31.2 Å². The predicted molar refractivity (Wildman–Crippen MR) is 129 cm³/mol. The van der Waals surface area contributed by atoms with E-state index >= 15 is 0 Å². The molecule has 0 aliphatic carbocycles. The lowest BCUT2D eigenvalue weighted by atomic mass is 10.1. The van der Waals surface area contributed by atoms with Gasteiger partial charge in [-0.25, -0.2) is 14.4 Å². The molecule has 10 heteroatoms. The number of halogens is 1. The van der Waals surface area contributed by atoms with Gasteiger partial charge in [-0.2, -0.15) is 5.10 Å². The molecule has 0 radical (unpaired) electrons. The summed E-state index contributed by atoms with van der Waals surface area (Å²) in [7, 11) is 3.36. The highest BCUT2D eigenvalue weighted by Crippen LogP contribution is 2.31. The van der Waals surface area contributed by atoms with Gasteiger partial charge in [0, 0.05) is 77.0 Å². The van der Waals surface area contributed by atoms with E-state index < -0.39 is 0 Å². The van der Waals surface area contributed by atoms with Crippen LogP contribution in [0.15, 0.2) is 30.6 Å². The fourth-order valence-corrected chi connectivity index (χ4v) is 4.74. The third-order valence-corrected chi connectivity index (χ3v) is 6.74. The highest BCUT2D eigenvalue weighted by Gasteiger charge is 2.28. The van der Waals surface area contributed by atoms with E-state index in [0.29, 0.717) is 31.6 Å². The molecule has 5 rings (SSSR count). The minimum Gasteiger partial charge on any atom is -0.494 e. The van der Waals surface area contributed by atoms with Gasteiger partial charge >= 0.3 is 0 Å². The second kappa shape index (κ2) is 9.61. The Labute approximate surface area is 204 Å². The second-order valence-electron chi connectivity index (χ2n) is 9.08. The van der Waals surface area contributed by atoms with E-state index in [1.165, 1.54) is 7.11 Å². The van der Waals surface area contributed by atoms with E-state index in [-0.39, 0.29) is 17.5 Å². The molecule has 2 aliphatic rings. The van der Waals surface area contributed by atoms with Gasteiger partial charge in [0.2, 0.25) is 5.91 Å². The minimum atomic E-state index is -0.295. The third kappa shape index (κ3) is 4.70. The van der Waals surface area contributed by atoms with Crippen LogP contribution in [0.1, 0.15) is 23.9 Å². The van der Waals surface area contributed by atoms with Gasteiger partial charge in [0.25, 0.3) is 0 Å². The molecule has 184 valence electrons. The molecule has 1 aromatic carbocycles. The normalized spacial score (nSPS) is 16.3. The number of rotatable bonds is 5. The third-order valence-electron chi connectivity index (χ3n) is 6.74. The van der Waals surface area contributed by atoms with Gasteiger partial charge in [0.1, 0.15) is 5.69 Å². The number of nitrogens with zero attached hydrogens (tertiary/aromatic N) is 7. The predicted octanol–water partition coefficient (Wildman–Crippen LogP) is 2.25. The Hall–Kier alpha value is -3.53. The average molecular weight is 480 g/mol. The van der Waals surface area contributed by atoms with Crippen LogP contribution in [0.3, 0.4) is 0 Å². The zero-order valence-corrected chi connectivity index (χ0v) is 20.4. The fraction of sp³-hybridized carbons (Fsp3) is 0.440. The number of amides is 1. The van der Waals surface area contributed by atoms with Crippen LogP contribution < -0.4 is 9.64 Å². The number of carbonyl (C=O) groups is 1. The number of piperazine rings is 1. The Bertz CT molecular complexity index is 1240.